The molecule has 2 aromatic rings. The summed E-state index contributed by atoms with van der Waals surface area (Å²) in [6, 6.07) is 13.8. The zero-order valence-corrected chi connectivity index (χ0v) is 16.3. The van der Waals surface area contributed by atoms with E-state index in [0.29, 0.717) is 6.42 Å². The Balaban J connectivity index is 1.61. The average molecular weight is 368 g/mol. The average Bonchev–Trinajstić information content (AvgIpc) is 2.70. The van der Waals surface area contributed by atoms with E-state index in [2.05, 4.69) is 17.1 Å². The van der Waals surface area contributed by atoms with Gasteiger partial charge >= 0.3 is 0 Å². The number of hydrogen-bond acceptors (Lipinski definition) is 4. The molecular formula is C22H28N2O3. The highest BCUT2D eigenvalue weighted by Gasteiger charge is 2.19. The summed E-state index contributed by atoms with van der Waals surface area (Å²) in [4.78, 5) is 14.9. The number of amides is 1. The molecule has 0 aromatic heterocycles. The molecule has 1 heterocycles. The fraction of sp³-hybridized carbons (Fsp3) is 0.409. The van der Waals surface area contributed by atoms with Crippen molar-refractivity contribution in [2.45, 2.75) is 33.3 Å². The van der Waals surface area contributed by atoms with Gasteiger partial charge in [0.1, 0.15) is 5.75 Å². The summed E-state index contributed by atoms with van der Waals surface area (Å²) in [6.45, 7) is 9.36. The molecule has 1 N–H and O–H groups in total. The number of hydrogen-bond donors (Lipinski definition) is 1. The molecule has 0 unspecified atom stereocenters. The summed E-state index contributed by atoms with van der Waals surface area (Å²) in [7, 11) is 0. The number of benzene rings is 2. The summed E-state index contributed by atoms with van der Waals surface area (Å²) in [5, 5.41) is 2.96. The van der Waals surface area contributed by atoms with Gasteiger partial charge in [-0.2, -0.15) is 0 Å². The molecule has 1 aliphatic heterocycles. The number of nitrogens with one attached hydrogen (secondary N) is 1. The summed E-state index contributed by atoms with van der Waals surface area (Å²) in [5.74, 6) is 0.595. The number of aryl methyl sites for hydroxylation is 2. The van der Waals surface area contributed by atoms with Crippen LogP contribution in [-0.2, 0) is 9.53 Å². The van der Waals surface area contributed by atoms with E-state index in [9.17, 15) is 4.79 Å². The van der Waals surface area contributed by atoms with Gasteiger partial charge in [-0.1, -0.05) is 13.0 Å². The fourth-order valence-electron chi connectivity index (χ4n) is 3.07. The predicted octanol–water partition coefficient (Wildman–Crippen LogP) is 3.94. The number of carbonyl (C=O) groups is 1. The van der Waals surface area contributed by atoms with E-state index in [0.717, 1.165) is 49.0 Å². The van der Waals surface area contributed by atoms with Gasteiger partial charge in [-0.15, -0.1) is 0 Å². The van der Waals surface area contributed by atoms with Gasteiger partial charge in [-0.05, 0) is 67.8 Å². The van der Waals surface area contributed by atoms with Crippen LogP contribution in [0.1, 0.15) is 24.5 Å². The molecule has 27 heavy (non-hydrogen) atoms. The monoisotopic (exact) mass is 368 g/mol. The van der Waals surface area contributed by atoms with E-state index in [-0.39, 0.29) is 5.91 Å². The lowest BCUT2D eigenvalue weighted by molar-refractivity contribution is -0.122. The maximum atomic E-state index is 12.6. The van der Waals surface area contributed by atoms with Crippen molar-refractivity contribution in [2.75, 3.05) is 36.5 Å². The summed E-state index contributed by atoms with van der Waals surface area (Å²) in [5.41, 5.74) is 4.29. The van der Waals surface area contributed by atoms with Crippen LogP contribution in [0.25, 0.3) is 0 Å². The van der Waals surface area contributed by atoms with Crippen molar-refractivity contribution in [3.05, 3.63) is 53.6 Å². The van der Waals surface area contributed by atoms with Gasteiger partial charge in [0, 0.05) is 24.5 Å². The van der Waals surface area contributed by atoms with E-state index in [1.54, 1.807) is 0 Å². The summed E-state index contributed by atoms with van der Waals surface area (Å²) < 4.78 is 11.3. The van der Waals surface area contributed by atoms with Crippen LogP contribution in [0.5, 0.6) is 5.75 Å². The highest BCUT2D eigenvalue weighted by molar-refractivity contribution is 5.94. The third kappa shape index (κ3) is 5.01. The summed E-state index contributed by atoms with van der Waals surface area (Å²) in [6.07, 6.45) is 0.0796. The number of ether oxygens (including phenoxy) is 2. The Morgan fingerprint density at radius 2 is 1.81 bits per heavy atom. The second-order valence-electron chi connectivity index (χ2n) is 6.90. The molecule has 0 bridgehead atoms. The standard InChI is InChI=1S/C22H28N2O3/c1-4-21(27-20-10-5-16(2)17(3)15-20)22(25)23-18-6-8-19(9-7-18)24-11-13-26-14-12-24/h5-10,15,21H,4,11-14H2,1-3H3,(H,23,25)/t21-/m1/s1. The molecule has 2 aromatic carbocycles. The molecule has 5 heteroatoms. The Morgan fingerprint density at radius 1 is 1.11 bits per heavy atom. The first kappa shape index (κ1) is 19.2. The minimum absolute atomic E-state index is 0.130. The Morgan fingerprint density at radius 3 is 2.44 bits per heavy atom. The van der Waals surface area contributed by atoms with Crippen molar-refractivity contribution in [3.8, 4) is 5.75 Å². The maximum Gasteiger partial charge on any atom is 0.265 e. The third-order valence-electron chi connectivity index (χ3n) is 4.93. The van der Waals surface area contributed by atoms with Gasteiger partial charge in [-0.3, -0.25) is 4.79 Å². The van der Waals surface area contributed by atoms with Crippen molar-refractivity contribution < 1.29 is 14.3 Å². The first-order valence-electron chi connectivity index (χ1n) is 9.54. The van der Waals surface area contributed by atoms with E-state index in [1.165, 1.54) is 5.56 Å². The SMILES string of the molecule is CC[C@@H](Oc1ccc(C)c(C)c1)C(=O)Nc1ccc(N2CCOCC2)cc1. The van der Waals surface area contributed by atoms with Crippen molar-refractivity contribution in [2.24, 2.45) is 0 Å². The third-order valence-corrected chi connectivity index (χ3v) is 4.93. The number of nitrogens with zero attached hydrogens (tertiary/aromatic N) is 1. The number of morpholine rings is 1. The van der Waals surface area contributed by atoms with Crippen molar-refractivity contribution >= 4 is 17.3 Å². The molecule has 1 amide bonds. The molecule has 5 nitrogen and oxygen atoms in total. The molecule has 0 saturated carbocycles. The zero-order valence-electron chi connectivity index (χ0n) is 16.3. The highest BCUT2D eigenvalue weighted by Crippen LogP contribution is 2.21. The van der Waals surface area contributed by atoms with Gasteiger partial charge in [0.25, 0.3) is 5.91 Å². The quantitative estimate of drug-likeness (QED) is 0.839. The van der Waals surface area contributed by atoms with Gasteiger partial charge < -0.3 is 19.7 Å². The Bertz CT molecular complexity index is 768. The van der Waals surface area contributed by atoms with Crippen LogP contribution < -0.4 is 15.0 Å². The number of anilines is 2. The van der Waals surface area contributed by atoms with Crippen LogP contribution in [-0.4, -0.2) is 38.3 Å². The Kier molecular flexibility index (Phi) is 6.35. The largest absolute Gasteiger partial charge is 0.481 e. The number of rotatable bonds is 6. The molecule has 144 valence electrons. The molecule has 0 spiro atoms. The zero-order chi connectivity index (χ0) is 19.2. The van der Waals surface area contributed by atoms with Crippen LogP contribution >= 0.6 is 0 Å². The highest BCUT2D eigenvalue weighted by atomic mass is 16.5. The van der Waals surface area contributed by atoms with E-state index in [1.807, 2.05) is 56.3 Å². The van der Waals surface area contributed by atoms with Crippen LogP contribution in [0.3, 0.4) is 0 Å². The van der Waals surface area contributed by atoms with Gasteiger partial charge in [0.15, 0.2) is 6.10 Å². The second kappa shape index (κ2) is 8.91. The first-order valence-corrected chi connectivity index (χ1v) is 9.54. The van der Waals surface area contributed by atoms with E-state index in [4.69, 9.17) is 9.47 Å². The van der Waals surface area contributed by atoms with Crippen LogP contribution in [0.2, 0.25) is 0 Å². The van der Waals surface area contributed by atoms with Crippen LogP contribution in [0.15, 0.2) is 42.5 Å². The van der Waals surface area contributed by atoms with Gasteiger partial charge in [0.05, 0.1) is 13.2 Å². The van der Waals surface area contributed by atoms with Crippen molar-refractivity contribution in [1.82, 2.24) is 0 Å². The normalized spacial score (nSPS) is 15.3. The van der Waals surface area contributed by atoms with Gasteiger partial charge in [-0.25, -0.2) is 0 Å². The fourth-order valence-corrected chi connectivity index (χ4v) is 3.07. The lowest BCUT2D eigenvalue weighted by Crippen LogP contribution is -2.36. The molecular weight excluding hydrogens is 340 g/mol. The smallest absolute Gasteiger partial charge is 0.265 e. The minimum Gasteiger partial charge on any atom is -0.481 e. The van der Waals surface area contributed by atoms with Crippen LogP contribution in [0, 0.1) is 13.8 Å². The van der Waals surface area contributed by atoms with Crippen molar-refractivity contribution in [3.63, 3.8) is 0 Å². The van der Waals surface area contributed by atoms with Gasteiger partial charge in [0.2, 0.25) is 0 Å². The first-order chi connectivity index (χ1) is 13.1. The topological polar surface area (TPSA) is 50.8 Å². The second-order valence-corrected chi connectivity index (χ2v) is 6.90. The van der Waals surface area contributed by atoms with Crippen LogP contribution in [0.4, 0.5) is 11.4 Å². The molecule has 0 aliphatic carbocycles. The molecule has 3 rings (SSSR count). The lowest BCUT2D eigenvalue weighted by Gasteiger charge is -2.29. The van der Waals surface area contributed by atoms with Crippen molar-refractivity contribution in [1.29, 1.82) is 0 Å². The predicted molar refractivity (Wildman–Crippen MR) is 109 cm³/mol. The van der Waals surface area contributed by atoms with E-state index >= 15 is 0 Å². The Labute approximate surface area is 161 Å². The molecule has 0 radical (unpaired) electrons. The molecule has 1 saturated heterocycles. The molecule has 1 atom stereocenters. The maximum absolute atomic E-state index is 12.6. The van der Waals surface area contributed by atoms with E-state index < -0.39 is 6.10 Å². The lowest BCUT2D eigenvalue weighted by atomic mass is 10.1. The number of carbonyl (C=O) groups excluding carboxylic acids is 1. The minimum atomic E-state index is -0.522. The summed E-state index contributed by atoms with van der Waals surface area (Å²) >= 11 is 0. The Hall–Kier alpha value is -2.53. The molecule has 1 fully saturated rings. The molecule has 1 aliphatic rings.